The number of hydrogen-bond donors (Lipinski definition) is 0. The number of rotatable bonds is 1. The monoisotopic (exact) mass is 209 g/mol. The molecule has 0 bridgehead atoms. The third kappa shape index (κ3) is 2.22. The summed E-state index contributed by atoms with van der Waals surface area (Å²) in [4.78, 5) is 2.70. The van der Waals surface area contributed by atoms with Gasteiger partial charge in [-0.2, -0.15) is 0 Å². The highest BCUT2D eigenvalue weighted by atomic mass is 15.2. The first-order chi connectivity index (χ1) is 6.95. The van der Waals surface area contributed by atoms with Crippen molar-refractivity contribution in [1.82, 2.24) is 4.90 Å². The van der Waals surface area contributed by atoms with Crippen molar-refractivity contribution in [3.05, 3.63) is 0 Å². The van der Waals surface area contributed by atoms with E-state index in [2.05, 4.69) is 32.6 Å². The van der Waals surface area contributed by atoms with E-state index in [1.807, 2.05) is 0 Å². The third-order valence-electron chi connectivity index (χ3n) is 4.77. The summed E-state index contributed by atoms with van der Waals surface area (Å²) >= 11 is 0. The molecule has 0 aromatic carbocycles. The second kappa shape index (κ2) is 3.76. The molecule has 15 heavy (non-hydrogen) atoms. The lowest BCUT2D eigenvalue weighted by molar-refractivity contribution is 0.147. The first-order valence-corrected chi connectivity index (χ1v) is 6.70. The summed E-state index contributed by atoms with van der Waals surface area (Å²) < 4.78 is 0. The lowest BCUT2D eigenvalue weighted by Crippen LogP contribution is -2.40. The fourth-order valence-electron chi connectivity index (χ4n) is 3.55. The Morgan fingerprint density at radius 3 is 2.47 bits per heavy atom. The molecular weight excluding hydrogens is 182 g/mol. The van der Waals surface area contributed by atoms with Gasteiger partial charge in [0.2, 0.25) is 0 Å². The Morgan fingerprint density at radius 2 is 2.00 bits per heavy atom. The molecular formula is C14H27N. The van der Waals surface area contributed by atoms with Crippen LogP contribution >= 0.6 is 0 Å². The zero-order valence-corrected chi connectivity index (χ0v) is 11.0. The molecule has 2 atom stereocenters. The van der Waals surface area contributed by atoms with Crippen LogP contribution in [0.4, 0.5) is 0 Å². The van der Waals surface area contributed by atoms with Gasteiger partial charge >= 0.3 is 0 Å². The van der Waals surface area contributed by atoms with Crippen molar-refractivity contribution in [2.75, 3.05) is 13.1 Å². The highest BCUT2D eigenvalue weighted by Gasteiger charge is 2.45. The molecule has 0 radical (unpaired) electrons. The highest BCUT2D eigenvalue weighted by molar-refractivity contribution is 4.98. The Hall–Kier alpha value is -0.0400. The van der Waals surface area contributed by atoms with Crippen LogP contribution in [0.5, 0.6) is 0 Å². The van der Waals surface area contributed by atoms with Crippen LogP contribution in [0.15, 0.2) is 0 Å². The van der Waals surface area contributed by atoms with Gasteiger partial charge in [-0.25, -0.2) is 0 Å². The Balaban J connectivity index is 1.98. The fourth-order valence-corrected chi connectivity index (χ4v) is 3.55. The van der Waals surface area contributed by atoms with Gasteiger partial charge in [0.05, 0.1) is 0 Å². The molecule has 1 heteroatoms. The molecule has 2 fully saturated rings. The zero-order valence-electron chi connectivity index (χ0n) is 11.0. The molecule has 1 nitrogen and oxygen atoms in total. The summed E-state index contributed by atoms with van der Waals surface area (Å²) in [5, 5.41) is 0. The summed E-state index contributed by atoms with van der Waals surface area (Å²) in [7, 11) is 0. The van der Waals surface area contributed by atoms with Gasteiger partial charge < -0.3 is 0 Å². The molecule has 0 aromatic rings. The van der Waals surface area contributed by atoms with Crippen molar-refractivity contribution < 1.29 is 0 Å². The molecule has 0 amide bonds. The van der Waals surface area contributed by atoms with Gasteiger partial charge in [0.25, 0.3) is 0 Å². The highest BCUT2D eigenvalue weighted by Crippen LogP contribution is 2.50. The molecule has 1 aliphatic carbocycles. The number of likely N-dealkylation sites (tertiary alicyclic amines) is 1. The van der Waals surface area contributed by atoms with E-state index < -0.39 is 0 Å². The van der Waals surface area contributed by atoms with E-state index in [9.17, 15) is 0 Å². The molecule has 1 spiro atoms. The van der Waals surface area contributed by atoms with E-state index in [4.69, 9.17) is 0 Å². The minimum absolute atomic E-state index is 0.383. The first kappa shape index (κ1) is 11.4. The number of nitrogens with zero attached hydrogens (tertiary/aromatic N) is 1. The lowest BCUT2D eigenvalue weighted by Gasteiger charge is -2.33. The predicted molar refractivity (Wildman–Crippen MR) is 66.0 cm³/mol. The predicted octanol–water partition coefficient (Wildman–Crippen LogP) is 3.69. The number of hydrogen-bond acceptors (Lipinski definition) is 1. The second-order valence-corrected chi connectivity index (χ2v) is 6.86. The summed E-state index contributed by atoms with van der Waals surface area (Å²) in [5.74, 6) is 1.03. The maximum atomic E-state index is 2.70. The van der Waals surface area contributed by atoms with Gasteiger partial charge in [0.15, 0.2) is 0 Å². The second-order valence-electron chi connectivity index (χ2n) is 6.86. The summed E-state index contributed by atoms with van der Waals surface area (Å²) in [6.07, 6.45) is 7.36. The Labute approximate surface area is 95.2 Å². The van der Waals surface area contributed by atoms with E-state index in [1.54, 1.807) is 0 Å². The molecule has 1 saturated carbocycles. The normalized spacial score (nSPS) is 38.0. The average molecular weight is 209 g/mol. The van der Waals surface area contributed by atoms with Crippen molar-refractivity contribution in [3.63, 3.8) is 0 Å². The third-order valence-corrected chi connectivity index (χ3v) is 4.77. The quantitative estimate of drug-likeness (QED) is 0.636. The maximum absolute atomic E-state index is 2.70. The van der Waals surface area contributed by atoms with Gasteiger partial charge in [0, 0.05) is 12.1 Å². The molecule has 2 unspecified atom stereocenters. The maximum Gasteiger partial charge on any atom is 0.0125 e. The topological polar surface area (TPSA) is 3.24 Å². The van der Waals surface area contributed by atoms with Gasteiger partial charge in [-0.1, -0.05) is 13.3 Å². The Kier molecular flexibility index (Phi) is 2.87. The molecule has 0 aromatic heterocycles. The van der Waals surface area contributed by atoms with Gasteiger partial charge in [-0.3, -0.25) is 4.90 Å². The molecule has 2 aliphatic rings. The average Bonchev–Trinajstić information content (AvgIpc) is 2.73. The van der Waals surface area contributed by atoms with Crippen LogP contribution in [0, 0.1) is 11.3 Å². The van der Waals surface area contributed by atoms with E-state index in [0.29, 0.717) is 11.0 Å². The fraction of sp³-hybridized carbons (Fsp3) is 1.00. The first-order valence-electron chi connectivity index (χ1n) is 6.70. The Bertz CT molecular complexity index is 228. The SMILES string of the molecule is CCC1CCC2(CCN(C(C)(C)C)C2)C1. The van der Waals surface area contributed by atoms with Crippen LogP contribution in [0.25, 0.3) is 0 Å². The minimum atomic E-state index is 0.383. The van der Waals surface area contributed by atoms with Crippen molar-refractivity contribution in [2.24, 2.45) is 11.3 Å². The standard InChI is InChI=1S/C14H27N/c1-5-12-6-7-14(10-12)8-9-15(11-14)13(2,3)4/h12H,5-11H2,1-4H3. The van der Waals surface area contributed by atoms with Gasteiger partial charge in [0.1, 0.15) is 0 Å². The summed E-state index contributed by atoms with van der Waals surface area (Å²) in [6.45, 7) is 12.1. The van der Waals surface area contributed by atoms with Crippen LogP contribution < -0.4 is 0 Å². The molecule has 1 saturated heterocycles. The van der Waals surface area contributed by atoms with Crippen LogP contribution in [0.1, 0.15) is 59.8 Å². The summed E-state index contributed by atoms with van der Waals surface area (Å²) in [6, 6.07) is 0. The van der Waals surface area contributed by atoms with E-state index in [1.165, 1.54) is 45.2 Å². The smallest absolute Gasteiger partial charge is 0.0125 e. The Morgan fingerprint density at radius 1 is 1.27 bits per heavy atom. The van der Waals surface area contributed by atoms with Crippen molar-refractivity contribution in [3.8, 4) is 0 Å². The van der Waals surface area contributed by atoms with E-state index in [0.717, 1.165) is 5.92 Å². The minimum Gasteiger partial charge on any atom is -0.298 e. The molecule has 1 aliphatic heterocycles. The summed E-state index contributed by atoms with van der Waals surface area (Å²) in [5.41, 5.74) is 1.10. The van der Waals surface area contributed by atoms with E-state index in [-0.39, 0.29) is 0 Å². The molecule has 1 heterocycles. The lowest BCUT2D eigenvalue weighted by atomic mass is 9.84. The van der Waals surface area contributed by atoms with Crippen LogP contribution in [-0.2, 0) is 0 Å². The largest absolute Gasteiger partial charge is 0.298 e. The zero-order chi connectivity index (χ0) is 11.1. The van der Waals surface area contributed by atoms with E-state index >= 15 is 0 Å². The molecule has 2 rings (SSSR count). The van der Waals surface area contributed by atoms with Crippen LogP contribution in [0.2, 0.25) is 0 Å². The van der Waals surface area contributed by atoms with Crippen molar-refractivity contribution in [2.45, 2.75) is 65.3 Å². The van der Waals surface area contributed by atoms with Crippen molar-refractivity contribution >= 4 is 0 Å². The van der Waals surface area contributed by atoms with Gasteiger partial charge in [-0.15, -0.1) is 0 Å². The van der Waals surface area contributed by atoms with Gasteiger partial charge in [-0.05, 0) is 64.3 Å². The van der Waals surface area contributed by atoms with Crippen LogP contribution in [-0.4, -0.2) is 23.5 Å². The van der Waals surface area contributed by atoms with Crippen LogP contribution in [0.3, 0.4) is 0 Å². The molecule has 0 N–H and O–H groups in total. The van der Waals surface area contributed by atoms with Crippen molar-refractivity contribution in [1.29, 1.82) is 0 Å². The molecule has 88 valence electrons.